The average Bonchev–Trinajstić information content (AvgIpc) is 3.55. The standard InChI is InChI=1S/C25H25N9O5.ClH/c1-31-11-16(8-19(31)23(35)28-15-6-4-5-14(7-15)22(26)27)29-24(36)20-9-17(12-32(20)2)30-25(37)21-10-18(34(38)39)13-33(21)3;/h4-13H,1-3H3,(H3,26,27)(H,28,35)(H,29,36)(H,30,37);1H. The molecule has 0 aliphatic carbocycles. The van der Waals surface area contributed by atoms with Gasteiger partial charge in [-0.2, -0.15) is 0 Å². The average molecular weight is 568 g/mol. The van der Waals surface area contributed by atoms with E-state index in [0.29, 0.717) is 22.6 Å². The molecule has 0 aliphatic heterocycles. The minimum Gasteiger partial charge on any atom is -0.384 e. The van der Waals surface area contributed by atoms with E-state index in [4.69, 9.17) is 11.1 Å². The Morgan fingerprint density at radius 2 is 1.23 bits per heavy atom. The quantitative estimate of drug-likeness (QED) is 0.0938. The Morgan fingerprint density at radius 3 is 1.68 bits per heavy atom. The first-order valence-electron chi connectivity index (χ1n) is 11.4. The van der Waals surface area contributed by atoms with Gasteiger partial charge < -0.3 is 35.4 Å². The Bertz CT molecular complexity index is 1650. The fourth-order valence-electron chi connectivity index (χ4n) is 3.94. The lowest BCUT2D eigenvalue weighted by Crippen LogP contribution is -2.16. The smallest absolute Gasteiger partial charge is 0.287 e. The summed E-state index contributed by atoms with van der Waals surface area (Å²) in [7, 11) is 4.79. The molecule has 0 spiro atoms. The van der Waals surface area contributed by atoms with Gasteiger partial charge in [0.2, 0.25) is 0 Å². The lowest BCUT2D eigenvalue weighted by Gasteiger charge is -2.07. The Kier molecular flexibility index (Phi) is 8.44. The number of nitrogens with zero attached hydrogens (tertiary/aromatic N) is 4. The number of aryl methyl sites for hydroxylation is 3. The fourth-order valence-corrected chi connectivity index (χ4v) is 3.94. The van der Waals surface area contributed by atoms with Crippen molar-refractivity contribution in [2.45, 2.75) is 0 Å². The van der Waals surface area contributed by atoms with Gasteiger partial charge in [-0.15, -0.1) is 12.4 Å². The van der Waals surface area contributed by atoms with Crippen LogP contribution >= 0.6 is 12.4 Å². The summed E-state index contributed by atoms with van der Waals surface area (Å²) in [6, 6.07) is 10.7. The van der Waals surface area contributed by atoms with E-state index in [-0.39, 0.29) is 41.0 Å². The Morgan fingerprint density at radius 1 is 0.775 bits per heavy atom. The molecule has 1 aromatic carbocycles. The molecule has 3 heterocycles. The van der Waals surface area contributed by atoms with Crippen molar-refractivity contribution < 1.29 is 19.3 Å². The summed E-state index contributed by atoms with van der Waals surface area (Å²) < 4.78 is 4.40. The lowest BCUT2D eigenvalue weighted by molar-refractivity contribution is -0.384. The van der Waals surface area contributed by atoms with Crippen molar-refractivity contribution in [2.75, 3.05) is 16.0 Å². The van der Waals surface area contributed by atoms with Gasteiger partial charge in [-0.25, -0.2) is 0 Å². The van der Waals surface area contributed by atoms with Crippen LogP contribution in [0.25, 0.3) is 0 Å². The van der Waals surface area contributed by atoms with Crippen LogP contribution in [0.15, 0.2) is 61.1 Å². The number of nitrogen functional groups attached to an aromatic ring is 1. The van der Waals surface area contributed by atoms with Crippen molar-refractivity contribution in [3.63, 3.8) is 0 Å². The molecule has 3 amide bonds. The molecule has 4 rings (SSSR count). The van der Waals surface area contributed by atoms with Crippen molar-refractivity contribution in [1.29, 1.82) is 5.41 Å². The molecule has 14 nitrogen and oxygen atoms in total. The number of hydrogen-bond donors (Lipinski definition) is 5. The number of amidine groups is 1. The largest absolute Gasteiger partial charge is 0.384 e. The molecule has 0 saturated carbocycles. The van der Waals surface area contributed by atoms with Crippen LogP contribution < -0.4 is 21.7 Å². The molecule has 0 aliphatic rings. The summed E-state index contributed by atoms with van der Waals surface area (Å²) in [5, 5.41) is 26.6. The second-order valence-corrected chi connectivity index (χ2v) is 8.76. The number of nitrogens with two attached hydrogens (primary N) is 1. The summed E-state index contributed by atoms with van der Waals surface area (Å²) in [4.78, 5) is 48.8. The zero-order valence-electron chi connectivity index (χ0n) is 21.6. The number of carbonyl (C=O) groups is 3. The molecule has 0 radical (unpaired) electrons. The van der Waals surface area contributed by atoms with E-state index < -0.39 is 22.6 Å². The first kappa shape index (κ1) is 29.2. The second-order valence-electron chi connectivity index (χ2n) is 8.76. The van der Waals surface area contributed by atoms with Crippen LogP contribution in [0.3, 0.4) is 0 Å². The van der Waals surface area contributed by atoms with Gasteiger partial charge in [0, 0.05) is 50.9 Å². The highest BCUT2D eigenvalue weighted by molar-refractivity contribution is 6.08. The maximum absolute atomic E-state index is 13.0. The van der Waals surface area contributed by atoms with Gasteiger partial charge in [0.25, 0.3) is 23.4 Å². The lowest BCUT2D eigenvalue weighted by atomic mass is 10.2. The van der Waals surface area contributed by atoms with Gasteiger partial charge in [-0.3, -0.25) is 29.9 Å². The van der Waals surface area contributed by atoms with E-state index in [1.807, 2.05) is 0 Å². The zero-order chi connectivity index (χ0) is 28.4. The molecule has 0 bridgehead atoms. The molecule has 40 heavy (non-hydrogen) atoms. The third kappa shape index (κ3) is 6.19. The van der Waals surface area contributed by atoms with Crippen LogP contribution in [0.1, 0.15) is 37.0 Å². The van der Waals surface area contributed by atoms with E-state index in [9.17, 15) is 24.5 Å². The minimum atomic E-state index is -0.591. The monoisotopic (exact) mass is 567 g/mol. The van der Waals surface area contributed by atoms with E-state index in [0.717, 1.165) is 6.07 Å². The number of anilines is 3. The number of halogens is 1. The summed E-state index contributed by atoms with van der Waals surface area (Å²) >= 11 is 0. The third-order valence-corrected chi connectivity index (χ3v) is 5.86. The Balaban J connectivity index is 0.00000441. The van der Waals surface area contributed by atoms with Gasteiger partial charge >= 0.3 is 0 Å². The van der Waals surface area contributed by atoms with Crippen LogP contribution in [-0.4, -0.2) is 42.2 Å². The summed E-state index contributed by atoms with van der Waals surface area (Å²) in [6.07, 6.45) is 4.34. The summed E-state index contributed by atoms with van der Waals surface area (Å²) in [6.45, 7) is 0. The summed E-state index contributed by atoms with van der Waals surface area (Å²) in [5.41, 5.74) is 7.49. The van der Waals surface area contributed by atoms with Crippen LogP contribution in [0, 0.1) is 15.5 Å². The number of benzene rings is 1. The van der Waals surface area contributed by atoms with Crippen LogP contribution in [0.2, 0.25) is 0 Å². The predicted molar refractivity (Wildman–Crippen MR) is 151 cm³/mol. The zero-order valence-corrected chi connectivity index (χ0v) is 22.4. The Hall–Kier alpha value is -5.37. The molecule has 4 aromatic rings. The van der Waals surface area contributed by atoms with Crippen molar-refractivity contribution in [3.8, 4) is 0 Å². The highest BCUT2D eigenvalue weighted by Gasteiger charge is 2.20. The summed E-state index contributed by atoms with van der Waals surface area (Å²) in [5.74, 6) is -1.61. The number of aromatic nitrogens is 3. The van der Waals surface area contributed by atoms with E-state index in [1.165, 1.54) is 40.7 Å². The van der Waals surface area contributed by atoms with E-state index in [2.05, 4.69) is 16.0 Å². The molecular formula is C25H26ClN9O5. The number of nitro groups is 1. The van der Waals surface area contributed by atoms with Gasteiger partial charge in [0.1, 0.15) is 22.9 Å². The Labute approximate surface area is 233 Å². The molecule has 0 saturated heterocycles. The maximum Gasteiger partial charge on any atom is 0.287 e. The highest BCUT2D eigenvalue weighted by Crippen LogP contribution is 2.21. The number of rotatable bonds is 8. The maximum atomic E-state index is 13.0. The number of amides is 3. The highest BCUT2D eigenvalue weighted by atomic mass is 35.5. The topological polar surface area (TPSA) is 195 Å². The number of nitrogens with one attached hydrogen (secondary N) is 4. The number of carbonyl (C=O) groups excluding carboxylic acids is 3. The third-order valence-electron chi connectivity index (χ3n) is 5.86. The van der Waals surface area contributed by atoms with Gasteiger partial charge in [-0.05, 0) is 24.3 Å². The molecule has 15 heteroatoms. The molecule has 0 unspecified atom stereocenters. The van der Waals surface area contributed by atoms with E-state index in [1.54, 1.807) is 49.1 Å². The van der Waals surface area contributed by atoms with Crippen LogP contribution in [-0.2, 0) is 21.1 Å². The van der Waals surface area contributed by atoms with Crippen molar-refractivity contribution >= 4 is 58.7 Å². The van der Waals surface area contributed by atoms with Gasteiger partial charge in [-0.1, -0.05) is 12.1 Å². The molecule has 6 N–H and O–H groups in total. The molecule has 208 valence electrons. The first-order chi connectivity index (χ1) is 18.4. The van der Waals surface area contributed by atoms with E-state index >= 15 is 0 Å². The van der Waals surface area contributed by atoms with Crippen molar-refractivity contribution in [3.05, 3.63) is 93.8 Å². The fraction of sp³-hybridized carbons (Fsp3) is 0.120. The predicted octanol–water partition coefficient (Wildman–Crippen LogP) is 3.07. The first-order valence-corrected chi connectivity index (χ1v) is 11.4. The van der Waals surface area contributed by atoms with Gasteiger partial charge in [0.15, 0.2) is 0 Å². The van der Waals surface area contributed by atoms with Crippen molar-refractivity contribution in [1.82, 2.24) is 13.7 Å². The molecular weight excluding hydrogens is 542 g/mol. The second kappa shape index (κ2) is 11.6. The van der Waals surface area contributed by atoms with Crippen molar-refractivity contribution in [2.24, 2.45) is 26.9 Å². The van der Waals surface area contributed by atoms with Crippen LogP contribution in [0.4, 0.5) is 22.7 Å². The molecule has 0 fully saturated rings. The number of hydrogen-bond acceptors (Lipinski definition) is 6. The normalized spacial score (nSPS) is 10.4. The van der Waals surface area contributed by atoms with Crippen LogP contribution in [0.5, 0.6) is 0 Å². The van der Waals surface area contributed by atoms with Gasteiger partial charge in [0.05, 0.1) is 22.5 Å². The molecule has 0 atom stereocenters. The minimum absolute atomic E-state index is 0. The molecule has 3 aromatic heterocycles. The SMILES string of the molecule is Cl.Cn1cc(NC(=O)c2cc(NC(=O)c3cc([N+](=O)[O-])cn3C)cn2C)cc1C(=O)Nc1cccc(C(=N)N)c1.